The molecule has 5 nitrogen and oxygen atoms in total. The van der Waals surface area contributed by atoms with Gasteiger partial charge in [0, 0.05) is 5.56 Å². The third-order valence-corrected chi connectivity index (χ3v) is 3.89. The minimum absolute atomic E-state index is 0.0794. The van der Waals surface area contributed by atoms with Crippen molar-refractivity contribution in [3.8, 4) is 0 Å². The maximum Gasteiger partial charge on any atom is 0.216 e. The predicted octanol–water partition coefficient (Wildman–Crippen LogP) is 2.13. The van der Waals surface area contributed by atoms with Crippen LogP contribution in [-0.4, -0.2) is 22.5 Å². The minimum Gasteiger partial charge on any atom is -0.742 e. The number of aromatic nitrogens is 2. The molecule has 0 spiro atoms. The summed E-state index contributed by atoms with van der Waals surface area (Å²) >= 11 is 0. The van der Waals surface area contributed by atoms with Gasteiger partial charge in [0.25, 0.3) is 0 Å². The zero-order valence-corrected chi connectivity index (χ0v) is 11.5. The standard InChI is InChI=1S/C14H11FN2O3S/c15-11-6-2-1-5-10(11)9-17-13-8-4-3-7-12(13)16-14(17)21(18,19)20/h1-8H,9H2,(H,18,19,20)/p-1. The number of benzene rings is 2. The fraction of sp³-hybridized carbons (Fsp3) is 0.0714. The van der Waals surface area contributed by atoms with Crippen molar-refractivity contribution < 1.29 is 17.4 Å². The van der Waals surface area contributed by atoms with Crippen molar-refractivity contribution in [2.45, 2.75) is 11.7 Å². The van der Waals surface area contributed by atoms with Crippen LogP contribution < -0.4 is 0 Å². The molecule has 1 aromatic heterocycles. The van der Waals surface area contributed by atoms with Crippen molar-refractivity contribution in [1.82, 2.24) is 9.55 Å². The van der Waals surface area contributed by atoms with E-state index in [2.05, 4.69) is 4.98 Å². The lowest BCUT2D eigenvalue weighted by Crippen LogP contribution is -2.11. The fourth-order valence-electron chi connectivity index (χ4n) is 2.19. The highest BCUT2D eigenvalue weighted by Crippen LogP contribution is 2.21. The van der Waals surface area contributed by atoms with Gasteiger partial charge in [0.1, 0.15) is 5.82 Å². The van der Waals surface area contributed by atoms with Crippen LogP contribution in [0.25, 0.3) is 11.0 Å². The lowest BCUT2D eigenvalue weighted by Gasteiger charge is -2.12. The van der Waals surface area contributed by atoms with Crippen molar-refractivity contribution in [2.75, 3.05) is 0 Å². The monoisotopic (exact) mass is 305 g/mol. The highest BCUT2D eigenvalue weighted by Gasteiger charge is 2.16. The third kappa shape index (κ3) is 2.53. The molecule has 0 radical (unpaired) electrons. The number of hydrogen-bond acceptors (Lipinski definition) is 4. The Morgan fingerprint density at radius 2 is 1.76 bits per heavy atom. The Labute approximate surface area is 120 Å². The molecule has 21 heavy (non-hydrogen) atoms. The topological polar surface area (TPSA) is 75.0 Å². The Balaban J connectivity index is 2.23. The molecule has 0 fully saturated rings. The Kier molecular flexibility index (Phi) is 3.23. The molecule has 1 heterocycles. The van der Waals surface area contributed by atoms with E-state index in [1.165, 1.54) is 22.8 Å². The first-order chi connectivity index (χ1) is 9.97. The van der Waals surface area contributed by atoms with Crippen LogP contribution in [0.15, 0.2) is 53.7 Å². The molecule has 0 saturated heterocycles. The molecule has 0 bridgehead atoms. The van der Waals surface area contributed by atoms with Gasteiger partial charge in [0.15, 0.2) is 10.1 Å². The van der Waals surface area contributed by atoms with Gasteiger partial charge in [-0.15, -0.1) is 0 Å². The second-order valence-corrected chi connectivity index (χ2v) is 5.79. The average molecular weight is 305 g/mol. The molecule has 0 amide bonds. The van der Waals surface area contributed by atoms with Crippen LogP contribution in [0, 0.1) is 5.82 Å². The number of halogens is 1. The van der Waals surface area contributed by atoms with Crippen LogP contribution in [-0.2, 0) is 16.7 Å². The molecule has 2 aromatic carbocycles. The maximum absolute atomic E-state index is 13.7. The smallest absolute Gasteiger partial charge is 0.216 e. The van der Waals surface area contributed by atoms with Gasteiger partial charge in [-0.3, -0.25) is 0 Å². The first-order valence-corrected chi connectivity index (χ1v) is 7.52. The first-order valence-electron chi connectivity index (χ1n) is 6.11. The number of fused-ring (bicyclic) bond motifs is 1. The summed E-state index contributed by atoms with van der Waals surface area (Å²) in [6, 6.07) is 12.6. The van der Waals surface area contributed by atoms with Crippen LogP contribution >= 0.6 is 0 Å². The number of imidazole rings is 1. The summed E-state index contributed by atoms with van der Waals surface area (Å²) in [5.74, 6) is -0.468. The van der Waals surface area contributed by atoms with Crippen molar-refractivity contribution in [2.24, 2.45) is 0 Å². The van der Waals surface area contributed by atoms with Gasteiger partial charge in [-0.1, -0.05) is 30.3 Å². The average Bonchev–Trinajstić information content (AvgIpc) is 2.80. The van der Waals surface area contributed by atoms with Crippen LogP contribution in [0.4, 0.5) is 4.39 Å². The van der Waals surface area contributed by atoms with Crippen molar-refractivity contribution >= 4 is 21.2 Å². The Morgan fingerprint density at radius 1 is 1.10 bits per heavy atom. The van der Waals surface area contributed by atoms with Crippen molar-refractivity contribution in [3.05, 3.63) is 59.9 Å². The third-order valence-electron chi connectivity index (χ3n) is 3.13. The van der Waals surface area contributed by atoms with Crippen LogP contribution in [0.3, 0.4) is 0 Å². The SMILES string of the molecule is O=S(=O)([O-])c1nc2ccccc2n1Cc1ccccc1F. The lowest BCUT2D eigenvalue weighted by atomic mass is 10.2. The predicted molar refractivity (Wildman–Crippen MR) is 73.2 cm³/mol. The molecule has 0 aliphatic rings. The molecule has 0 aliphatic heterocycles. The Hall–Kier alpha value is -2.25. The van der Waals surface area contributed by atoms with E-state index in [1.54, 1.807) is 30.3 Å². The van der Waals surface area contributed by atoms with Crippen molar-refractivity contribution in [1.29, 1.82) is 0 Å². The van der Waals surface area contributed by atoms with Gasteiger partial charge in [-0.2, -0.15) is 0 Å². The Bertz CT molecular complexity index is 919. The molecule has 3 rings (SSSR count). The van der Waals surface area contributed by atoms with Gasteiger partial charge in [0.2, 0.25) is 5.16 Å². The van der Waals surface area contributed by atoms with Crippen molar-refractivity contribution in [3.63, 3.8) is 0 Å². The van der Waals surface area contributed by atoms with Gasteiger partial charge in [0.05, 0.1) is 17.6 Å². The molecule has 3 aromatic rings. The zero-order chi connectivity index (χ0) is 15.0. The van der Waals surface area contributed by atoms with Gasteiger partial charge in [-0.05, 0) is 18.2 Å². The quantitative estimate of drug-likeness (QED) is 0.695. The van der Waals surface area contributed by atoms with E-state index in [4.69, 9.17) is 0 Å². The minimum atomic E-state index is -4.75. The lowest BCUT2D eigenvalue weighted by molar-refractivity contribution is 0.447. The summed E-state index contributed by atoms with van der Waals surface area (Å²) in [4.78, 5) is 3.85. The first kappa shape index (κ1) is 13.7. The molecule has 0 unspecified atom stereocenters. The molecule has 0 saturated carbocycles. The van der Waals surface area contributed by atoms with E-state index in [-0.39, 0.29) is 12.1 Å². The van der Waals surface area contributed by atoms with E-state index in [0.29, 0.717) is 11.0 Å². The van der Waals surface area contributed by atoms with E-state index >= 15 is 0 Å². The second kappa shape index (κ2) is 4.94. The van der Waals surface area contributed by atoms with Crippen LogP contribution in [0.5, 0.6) is 0 Å². The number of hydrogen-bond donors (Lipinski definition) is 0. The maximum atomic E-state index is 13.7. The molecular formula is C14H10FN2O3S-. The molecule has 0 atom stereocenters. The highest BCUT2D eigenvalue weighted by molar-refractivity contribution is 7.85. The van der Waals surface area contributed by atoms with E-state index in [9.17, 15) is 17.4 Å². The number of rotatable bonds is 3. The molecule has 108 valence electrons. The number of nitrogens with zero attached hydrogens (tertiary/aromatic N) is 2. The molecule has 0 aliphatic carbocycles. The largest absolute Gasteiger partial charge is 0.742 e. The normalized spacial score (nSPS) is 11.9. The van der Waals surface area contributed by atoms with E-state index in [0.717, 1.165) is 0 Å². The van der Waals surface area contributed by atoms with Crippen LogP contribution in [0.1, 0.15) is 5.56 Å². The summed E-state index contributed by atoms with van der Waals surface area (Å²) < 4.78 is 49.1. The molecule has 0 N–H and O–H groups in total. The van der Waals surface area contributed by atoms with Crippen LogP contribution in [0.2, 0.25) is 0 Å². The Morgan fingerprint density at radius 3 is 2.48 bits per heavy atom. The summed E-state index contributed by atoms with van der Waals surface area (Å²) in [5, 5.41) is -0.605. The van der Waals surface area contributed by atoms with Gasteiger partial charge >= 0.3 is 0 Å². The summed E-state index contributed by atoms with van der Waals surface area (Å²) in [5.41, 5.74) is 1.13. The highest BCUT2D eigenvalue weighted by atomic mass is 32.2. The zero-order valence-electron chi connectivity index (χ0n) is 10.7. The summed E-state index contributed by atoms with van der Waals surface area (Å²) in [6.07, 6.45) is 0. The van der Waals surface area contributed by atoms with E-state index < -0.39 is 21.1 Å². The molecule has 7 heteroatoms. The fourth-order valence-corrected chi connectivity index (χ4v) is 2.84. The van der Waals surface area contributed by atoms with Gasteiger partial charge < -0.3 is 9.12 Å². The number of para-hydroxylation sites is 2. The molecular weight excluding hydrogens is 295 g/mol. The summed E-state index contributed by atoms with van der Waals surface area (Å²) in [6.45, 7) is -0.0794. The summed E-state index contributed by atoms with van der Waals surface area (Å²) in [7, 11) is -4.75. The second-order valence-electron chi connectivity index (χ2n) is 4.51. The van der Waals surface area contributed by atoms with Gasteiger partial charge in [-0.25, -0.2) is 17.8 Å². The van der Waals surface area contributed by atoms with E-state index in [1.807, 2.05) is 0 Å².